The van der Waals surface area contributed by atoms with Crippen molar-refractivity contribution in [1.82, 2.24) is 4.98 Å². The quantitative estimate of drug-likeness (QED) is 0.419. The Morgan fingerprint density at radius 2 is 1.85 bits per heavy atom. The van der Waals surface area contributed by atoms with Gasteiger partial charge in [-0.3, -0.25) is 9.55 Å². The molecule has 0 unspecified atom stereocenters. The third-order valence-corrected chi connectivity index (χ3v) is 4.28. The summed E-state index contributed by atoms with van der Waals surface area (Å²) in [5, 5.41) is 0. The summed E-state index contributed by atoms with van der Waals surface area (Å²) in [6, 6.07) is 3.65. The molecular formula is C14H20NO4P. The van der Waals surface area contributed by atoms with Crippen LogP contribution in [-0.4, -0.2) is 37.6 Å². The minimum absolute atomic E-state index is 0.242. The standard InChI is InChI=1S/C14H20NO4P/c1-3-18-20(16,19-4-2)13-12-17-11-5-6-14-7-9-15-10-8-14/h7-10H,3-4,11-13H2,1-2H3. The highest BCUT2D eigenvalue weighted by Gasteiger charge is 2.22. The normalized spacial score (nSPS) is 10.9. The highest BCUT2D eigenvalue weighted by Crippen LogP contribution is 2.47. The maximum Gasteiger partial charge on any atom is 0.332 e. The zero-order valence-corrected chi connectivity index (χ0v) is 12.8. The lowest BCUT2D eigenvalue weighted by Crippen LogP contribution is -2.06. The monoisotopic (exact) mass is 297 g/mol. The summed E-state index contributed by atoms with van der Waals surface area (Å²) in [6.45, 7) is 4.86. The molecule has 0 N–H and O–H groups in total. The van der Waals surface area contributed by atoms with Gasteiger partial charge in [0.25, 0.3) is 0 Å². The third kappa shape index (κ3) is 6.83. The summed E-state index contributed by atoms with van der Waals surface area (Å²) in [6.07, 6.45) is 3.61. The van der Waals surface area contributed by atoms with Crippen LogP contribution in [0.25, 0.3) is 0 Å². The van der Waals surface area contributed by atoms with Gasteiger partial charge in [0.2, 0.25) is 0 Å². The van der Waals surface area contributed by atoms with E-state index >= 15 is 0 Å². The van der Waals surface area contributed by atoms with Gasteiger partial charge in [0.05, 0.1) is 26.0 Å². The molecule has 0 atom stereocenters. The predicted octanol–water partition coefficient (Wildman–Crippen LogP) is 2.72. The SMILES string of the molecule is CCOP(=O)(CCOCC#Cc1ccncc1)OCC. The van der Waals surface area contributed by atoms with Crippen molar-refractivity contribution in [3.05, 3.63) is 30.1 Å². The van der Waals surface area contributed by atoms with Crippen molar-refractivity contribution in [2.24, 2.45) is 0 Å². The molecule has 1 aromatic rings. The lowest BCUT2D eigenvalue weighted by atomic mass is 10.3. The Morgan fingerprint density at radius 1 is 1.20 bits per heavy atom. The molecule has 0 bridgehead atoms. The summed E-state index contributed by atoms with van der Waals surface area (Å²) in [7, 11) is -3.01. The highest BCUT2D eigenvalue weighted by molar-refractivity contribution is 7.53. The fourth-order valence-electron chi connectivity index (χ4n) is 1.43. The van der Waals surface area contributed by atoms with Crippen LogP contribution in [0.15, 0.2) is 24.5 Å². The van der Waals surface area contributed by atoms with E-state index < -0.39 is 7.60 Å². The second-order valence-corrected chi connectivity index (χ2v) is 5.95. The number of ether oxygens (including phenoxy) is 1. The first kappa shape index (κ1) is 16.9. The second kappa shape index (κ2) is 9.68. The van der Waals surface area contributed by atoms with Crippen LogP contribution in [0.5, 0.6) is 0 Å². The van der Waals surface area contributed by atoms with Gasteiger partial charge >= 0.3 is 7.60 Å². The van der Waals surface area contributed by atoms with Crippen LogP contribution in [0.2, 0.25) is 0 Å². The Balaban J connectivity index is 2.27. The van der Waals surface area contributed by atoms with E-state index in [0.29, 0.717) is 19.8 Å². The Kier molecular flexibility index (Phi) is 8.17. The molecule has 0 aliphatic heterocycles. The van der Waals surface area contributed by atoms with E-state index in [0.717, 1.165) is 5.56 Å². The lowest BCUT2D eigenvalue weighted by Gasteiger charge is -2.16. The Labute approximate surface area is 120 Å². The van der Waals surface area contributed by atoms with E-state index in [1.54, 1.807) is 26.2 Å². The Bertz CT molecular complexity index is 471. The van der Waals surface area contributed by atoms with Crippen molar-refractivity contribution in [3.8, 4) is 11.8 Å². The van der Waals surface area contributed by atoms with E-state index in [1.807, 2.05) is 12.1 Å². The summed E-state index contributed by atoms with van der Waals surface area (Å²) in [4.78, 5) is 3.91. The molecule has 1 aromatic heterocycles. The van der Waals surface area contributed by atoms with Crippen molar-refractivity contribution < 1.29 is 18.3 Å². The smallest absolute Gasteiger partial charge is 0.332 e. The fraction of sp³-hybridized carbons (Fsp3) is 0.500. The minimum atomic E-state index is -3.01. The van der Waals surface area contributed by atoms with Gasteiger partial charge in [0, 0.05) is 18.0 Å². The Hall–Kier alpha value is -1.18. The number of nitrogens with zero attached hydrogens (tertiary/aromatic N) is 1. The zero-order chi connectivity index (χ0) is 14.7. The number of aromatic nitrogens is 1. The average molecular weight is 297 g/mol. The van der Waals surface area contributed by atoms with Crippen molar-refractivity contribution in [2.45, 2.75) is 13.8 Å². The third-order valence-electron chi connectivity index (χ3n) is 2.25. The molecule has 6 heteroatoms. The molecule has 0 aliphatic carbocycles. The van der Waals surface area contributed by atoms with Crippen LogP contribution in [-0.2, 0) is 18.3 Å². The summed E-state index contributed by atoms with van der Waals surface area (Å²) in [5.41, 5.74) is 0.887. The van der Waals surface area contributed by atoms with Crippen LogP contribution in [0.1, 0.15) is 19.4 Å². The Morgan fingerprint density at radius 3 is 2.45 bits per heavy atom. The van der Waals surface area contributed by atoms with Crippen LogP contribution in [0, 0.1) is 11.8 Å². The summed E-state index contributed by atoms with van der Waals surface area (Å²) in [5.74, 6) is 5.83. The molecule has 1 rings (SSSR count). The van der Waals surface area contributed by atoms with Crippen LogP contribution >= 0.6 is 7.60 Å². The van der Waals surface area contributed by atoms with Crippen LogP contribution < -0.4 is 0 Å². The van der Waals surface area contributed by atoms with Gasteiger partial charge in [0.15, 0.2) is 0 Å². The largest absolute Gasteiger partial charge is 0.368 e. The summed E-state index contributed by atoms with van der Waals surface area (Å²) < 4.78 is 27.7. The fourth-order valence-corrected chi connectivity index (χ4v) is 2.90. The maximum absolute atomic E-state index is 12.1. The van der Waals surface area contributed by atoms with E-state index in [-0.39, 0.29) is 12.8 Å². The molecule has 0 aromatic carbocycles. The molecule has 0 saturated heterocycles. The van der Waals surface area contributed by atoms with Gasteiger partial charge in [-0.05, 0) is 26.0 Å². The molecule has 1 heterocycles. The van der Waals surface area contributed by atoms with E-state index in [1.165, 1.54) is 0 Å². The molecule has 0 radical (unpaired) electrons. The van der Waals surface area contributed by atoms with E-state index in [2.05, 4.69) is 16.8 Å². The first-order chi connectivity index (χ1) is 9.70. The number of pyridine rings is 1. The van der Waals surface area contributed by atoms with Crippen molar-refractivity contribution in [2.75, 3.05) is 32.6 Å². The number of hydrogen-bond donors (Lipinski definition) is 0. The maximum atomic E-state index is 12.1. The molecule has 20 heavy (non-hydrogen) atoms. The molecule has 0 saturated carbocycles. The van der Waals surface area contributed by atoms with E-state index in [9.17, 15) is 4.57 Å². The number of rotatable bonds is 8. The molecule has 0 amide bonds. The molecule has 0 fully saturated rings. The average Bonchev–Trinajstić information content (AvgIpc) is 2.44. The molecule has 0 aliphatic rings. The van der Waals surface area contributed by atoms with Gasteiger partial charge in [-0.25, -0.2) is 0 Å². The van der Waals surface area contributed by atoms with E-state index in [4.69, 9.17) is 13.8 Å². The van der Waals surface area contributed by atoms with Crippen LogP contribution in [0.3, 0.4) is 0 Å². The van der Waals surface area contributed by atoms with Crippen molar-refractivity contribution >= 4 is 7.60 Å². The van der Waals surface area contributed by atoms with Gasteiger partial charge in [-0.1, -0.05) is 11.8 Å². The van der Waals surface area contributed by atoms with Crippen molar-refractivity contribution in [3.63, 3.8) is 0 Å². The first-order valence-electron chi connectivity index (χ1n) is 6.55. The van der Waals surface area contributed by atoms with Gasteiger partial charge in [-0.15, -0.1) is 0 Å². The van der Waals surface area contributed by atoms with Gasteiger partial charge in [0.1, 0.15) is 6.61 Å². The first-order valence-corrected chi connectivity index (χ1v) is 8.27. The van der Waals surface area contributed by atoms with Gasteiger partial charge < -0.3 is 13.8 Å². The molecule has 0 spiro atoms. The topological polar surface area (TPSA) is 57.7 Å². The van der Waals surface area contributed by atoms with Gasteiger partial charge in [-0.2, -0.15) is 0 Å². The van der Waals surface area contributed by atoms with Crippen LogP contribution in [0.4, 0.5) is 0 Å². The van der Waals surface area contributed by atoms with Crippen molar-refractivity contribution in [1.29, 1.82) is 0 Å². The lowest BCUT2D eigenvalue weighted by molar-refractivity contribution is 0.167. The highest BCUT2D eigenvalue weighted by atomic mass is 31.2. The summed E-state index contributed by atoms with van der Waals surface area (Å²) >= 11 is 0. The minimum Gasteiger partial charge on any atom is -0.368 e. The number of hydrogen-bond acceptors (Lipinski definition) is 5. The second-order valence-electron chi connectivity index (χ2n) is 3.76. The molecule has 5 nitrogen and oxygen atoms in total. The molecule has 110 valence electrons. The zero-order valence-electron chi connectivity index (χ0n) is 11.9. The molecular weight excluding hydrogens is 277 g/mol. The predicted molar refractivity (Wildman–Crippen MR) is 77.7 cm³/mol.